The van der Waals surface area contributed by atoms with Gasteiger partial charge in [-0.3, -0.25) is 14.9 Å². The Balaban J connectivity index is 0.00000241. The molecule has 0 spiro atoms. The molecule has 4 rings (SSSR count). The third kappa shape index (κ3) is 6.53. The quantitative estimate of drug-likeness (QED) is 0.262. The van der Waals surface area contributed by atoms with E-state index in [0.29, 0.717) is 22.6 Å². The van der Waals surface area contributed by atoms with Crippen molar-refractivity contribution in [1.29, 1.82) is 0 Å². The fourth-order valence-corrected chi connectivity index (χ4v) is 4.79. The van der Waals surface area contributed by atoms with Gasteiger partial charge in [0.25, 0.3) is 15.7 Å². The smallest absolute Gasteiger partial charge is 1.00 e. The monoisotopic (exact) mass is 536 g/mol. The van der Waals surface area contributed by atoms with Crippen molar-refractivity contribution >= 4 is 21.6 Å². The Morgan fingerprint density at radius 3 is 2.22 bits per heavy atom. The van der Waals surface area contributed by atoms with Gasteiger partial charge in [-0.2, -0.15) is 0 Å². The summed E-state index contributed by atoms with van der Waals surface area (Å²) in [4.78, 5) is 23.8. The summed E-state index contributed by atoms with van der Waals surface area (Å²) >= 11 is 0. The Kier molecular flexibility index (Phi) is 9.31. The van der Waals surface area contributed by atoms with Crippen LogP contribution in [0.1, 0.15) is 43.8 Å². The molecule has 3 aromatic carbocycles. The van der Waals surface area contributed by atoms with Gasteiger partial charge in [0, 0.05) is 12.1 Å². The maximum Gasteiger partial charge on any atom is 1.00 e. The van der Waals surface area contributed by atoms with Gasteiger partial charge in [-0.25, -0.2) is 13.1 Å². The maximum absolute atomic E-state index is 13.3. The summed E-state index contributed by atoms with van der Waals surface area (Å²) < 4.78 is 38.9. The molecule has 0 aliphatic carbocycles. The topological polar surface area (TPSA) is 125 Å². The van der Waals surface area contributed by atoms with E-state index >= 15 is 0 Å². The van der Waals surface area contributed by atoms with Crippen LogP contribution in [0.4, 0.5) is 5.69 Å². The molecule has 9 nitrogen and oxygen atoms in total. The van der Waals surface area contributed by atoms with Crippen LogP contribution < -0.4 is 65.6 Å². The number of fused-ring (bicyclic) bond motifs is 1. The molecule has 1 aliphatic rings. The first-order valence-corrected chi connectivity index (χ1v) is 12.4. The van der Waals surface area contributed by atoms with Crippen LogP contribution in [-0.2, 0) is 21.2 Å². The normalized spacial score (nSPS) is 13.1. The number of sulfonamides is 1. The van der Waals surface area contributed by atoms with Gasteiger partial charge >= 0.3 is 51.4 Å². The van der Waals surface area contributed by atoms with Crippen molar-refractivity contribution in [2.45, 2.75) is 37.0 Å². The molecule has 11 heteroatoms. The van der Waals surface area contributed by atoms with Gasteiger partial charge in [0.2, 0.25) is 12.7 Å². The van der Waals surface area contributed by atoms with E-state index in [9.17, 15) is 23.3 Å². The number of amides is 1. The van der Waals surface area contributed by atoms with Crippen LogP contribution in [0.15, 0.2) is 71.6 Å². The van der Waals surface area contributed by atoms with Crippen molar-refractivity contribution in [3.8, 4) is 11.5 Å². The Morgan fingerprint density at radius 2 is 1.61 bits per heavy atom. The zero-order valence-corrected chi connectivity index (χ0v) is 24.1. The number of non-ortho nitro benzene ring substituents is 1. The van der Waals surface area contributed by atoms with E-state index in [1.54, 1.807) is 42.5 Å². The van der Waals surface area contributed by atoms with Gasteiger partial charge in [0.1, 0.15) is 0 Å². The van der Waals surface area contributed by atoms with Gasteiger partial charge in [-0.15, -0.1) is 0 Å². The molecule has 1 atom stereocenters. The van der Waals surface area contributed by atoms with Crippen LogP contribution in [0, 0.1) is 10.1 Å². The first kappa shape index (κ1) is 28.3. The molecule has 0 saturated heterocycles. The third-order valence-corrected chi connectivity index (χ3v) is 7.16. The predicted octanol–water partition coefficient (Wildman–Crippen LogP) is 1.39. The van der Waals surface area contributed by atoms with Crippen molar-refractivity contribution < 1.29 is 80.4 Å². The molecule has 0 aromatic heterocycles. The van der Waals surface area contributed by atoms with Crippen LogP contribution in [0.5, 0.6) is 11.5 Å². The van der Waals surface area contributed by atoms with Crippen LogP contribution in [0.2, 0.25) is 0 Å². The molecular formula is C25H25KN2O7S. The number of ether oxygens (including phenoxy) is 2. The average molecular weight is 537 g/mol. The number of nitro groups is 1. The number of hydrogen-bond acceptors (Lipinski definition) is 7. The zero-order valence-electron chi connectivity index (χ0n) is 21.1. The van der Waals surface area contributed by atoms with Crippen LogP contribution in [-0.4, -0.2) is 26.0 Å². The van der Waals surface area contributed by atoms with Gasteiger partial charge in [0.05, 0.1) is 15.7 Å². The number of carbonyl (C=O) groups excluding carboxylic acids is 1. The van der Waals surface area contributed by atoms with E-state index in [0.717, 1.165) is 5.56 Å². The van der Waals surface area contributed by atoms with E-state index in [1.807, 2.05) is 13.8 Å². The molecule has 1 unspecified atom stereocenters. The molecule has 0 radical (unpaired) electrons. The van der Waals surface area contributed by atoms with Crippen molar-refractivity contribution in [3.05, 3.63) is 93.5 Å². The third-order valence-electron chi connectivity index (χ3n) is 5.79. The fourth-order valence-electron chi connectivity index (χ4n) is 3.78. The number of nitrogens with one attached hydrogen (secondary N) is 1. The van der Waals surface area contributed by atoms with E-state index in [4.69, 9.17) is 9.47 Å². The van der Waals surface area contributed by atoms with Gasteiger partial charge in [-0.1, -0.05) is 44.2 Å². The second-order valence-corrected chi connectivity index (χ2v) is 10.2. The molecule has 1 N–H and O–H groups in total. The minimum atomic E-state index is -4.12. The molecular weight excluding hydrogens is 511 g/mol. The summed E-state index contributed by atoms with van der Waals surface area (Å²) in [5.74, 6) is -0.415. The maximum atomic E-state index is 13.3. The summed E-state index contributed by atoms with van der Waals surface area (Å²) in [6.45, 7) is 4.05. The fraction of sp³-hybridized carbons (Fsp3) is 0.240. The van der Waals surface area contributed by atoms with Crippen molar-refractivity contribution in [1.82, 2.24) is 4.72 Å². The summed E-state index contributed by atoms with van der Waals surface area (Å²) in [6.07, 6.45) is 0.116. The Labute approximate surface area is 253 Å². The number of hydrogen-bond donors (Lipinski definition) is 1. The number of nitrogens with zero attached hydrogens (tertiary/aromatic N) is 1. The van der Waals surface area contributed by atoms with E-state index in [-0.39, 0.29) is 82.5 Å². The van der Waals surface area contributed by atoms with E-state index < -0.39 is 26.8 Å². The summed E-state index contributed by atoms with van der Waals surface area (Å²) in [5, 5.41) is 11.0. The summed E-state index contributed by atoms with van der Waals surface area (Å²) in [7, 11) is -4.12. The predicted molar refractivity (Wildman–Crippen MR) is 129 cm³/mol. The van der Waals surface area contributed by atoms with Crippen LogP contribution in [0.25, 0.3) is 0 Å². The van der Waals surface area contributed by atoms with Crippen LogP contribution >= 0.6 is 0 Å². The Hall–Kier alpha value is -2.28. The number of carbonyl (C=O) groups is 1. The van der Waals surface area contributed by atoms with Crippen LogP contribution in [0.3, 0.4) is 0 Å². The molecule has 1 amide bonds. The van der Waals surface area contributed by atoms with Gasteiger partial charge < -0.3 is 10.9 Å². The average Bonchev–Trinajstić information content (AvgIpc) is 3.30. The van der Waals surface area contributed by atoms with Crippen molar-refractivity contribution in [2.24, 2.45) is 0 Å². The number of nitro benzene ring substituents is 1. The minimum absolute atomic E-state index is 0. The molecule has 1 heterocycles. The standard InChI is InChI=1S/C25H24N2O7S.K.H/c1-16(2)18-5-10-21(11-6-18)35(31,32)26-25(28)22(13-17-3-8-20(9-4-17)27(29)30)19-7-12-23-24(14-19)34-15-33-23;;/h3-12,14,16,22H,13,15H2,1-2H3,(H,26,28);;/q;+1;-1. The van der Waals surface area contributed by atoms with Crippen molar-refractivity contribution in [3.63, 3.8) is 0 Å². The minimum Gasteiger partial charge on any atom is -1.00 e. The summed E-state index contributed by atoms with van der Waals surface area (Å²) in [6, 6.07) is 17.1. The van der Waals surface area contributed by atoms with E-state index in [2.05, 4.69) is 4.72 Å². The molecule has 36 heavy (non-hydrogen) atoms. The molecule has 0 bridgehead atoms. The second kappa shape index (κ2) is 11.8. The molecule has 184 valence electrons. The summed E-state index contributed by atoms with van der Waals surface area (Å²) in [5.41, 5.74) is 2.06. The SMILES string of the molecule is CC(C)c1ccc(S(=O)(=O)NC(=O)C(Cc2ccc([N+](=O)[O-])cc2)c2ccc3c(c2)OCO3)cc1.[H-].[K+]. The molecule has 0 saturated carbocycles. The molecule has 0 fully saturated rings. The Morgan fingerprint density at radius 1 is 1.00 bits per heavy atom. The van der Waals surface area contributed by atoms with E-state index in [1.165, 1.54) is 24.3 Å². The number of rotatable bonds is 8. The number of benzene rings is 3. The Bertz CT molecular complexity index is 1360. The largest absolute Gasteiger partial charge is 1.00 e. The first-order chi connectivity index (χ1) is 16.6. The van der Waals surface area contributed by atoms with Gasteiger partial charge in [0.15, 0.2) is 11.5 Å². The molecule has 1 aliphatic heterocycles. The van der Waals surface area contributed by atoms with Gasteiger partial charge in [-0.05, 0) is 53.3 Å². The molecule has 3 aromatic rings. The first-order valence-electron chi connectivity index (χ1n) is 10.9. The van der Waals surface area contributed by atoms with Crippen molar-refractivity contribution in [2.75, 3.05) is 6.79 Å². The zero-order chi connectivity index (χ0) is 25.2. The second-order valence-electron chi connectivity index (χ2n) is 8.49.